The molecule has 0 N–H and O–H groups in total. The summed E-state index contributed by atoms with van der Waals surface area (Å²) in [6, 6.07) is 16.0. The summed E-state index contributed by atoms with van der Waals surface area (Å²) in [7, 11) is 1.66. The average molecular weight is 441 g/mol. The van der Waals surface area contributed by atoms with Crippen molar-refractivity contribution < 1.29 is 9.53 Å². The predicted molar refractivity (Wildman–Crippen MR) is 127 cm³/mol. The maximum Gasteiger partial charge on any atom is 0.326 e. The second-order valence-corrected chi connectivity index (χ2v) is 7.48. The Labute approximate surface area is 189 Å². The fraction of sp³-hybridized carbons (Fsp3) is 0.333. The largest absolute Gasteiger partial charge is 0.497 e. The first-order valence-corrected chi connectivity index (χ1v) is 10.5. The fourth-order valence-corrected chi connectivity index (χ4v) is 4.02. The van der Waals surface area contributed by atoms with Crippen LogP contribution in [0.1, 0.15) is 26.7 Å². The summed E-state index contributed by atoms with van der Waals surface area (Å²) in [5, 5.41) is 0. The lowest BCUT2D eigenvalue weighted by molar-refractivity contribution is 0.202. The minimum Gasteiger partial charge on any atom is -0.497 e. The lowest BCUT2D eigenvalue weighted by Gasteiger charge is -2.35. The lowest BCUT2D eigenvalue weighted by atomic mass is 10.1. The Kier molecular flexibility index (Phi) is 7.23. The van der Waals surface area contributed by atoms with Gasteiger partial charge in [0.05, 0.1) is 24.7 Å². The van der Waals surface area contributed by atoms with Gasteiger partial charge in [0.1, 0.15) is 18.2 Å². The Morgan fingerprint density at radius 3 is 2.39 bits per heavy atom. The number of hydrogen-bond donors (Lipinski definition) is 0. The van der Waals surface area contributed by atoms with Crippen LogP contribution in [0.5, 0.6) is 5.75 Å². The van der Waals surface area contributed by atoms with Gasteiger partial charge in [-0.1, -0.05) is 32.0 Å². The van der Waals surface area contributed by atoms with E-state index in [1.807, 2.05) is 58.5 Å². The first-order valence-electron chi connectivity index (χ1n) is 10.5. The molecular formula is C24H29ClN4O2. The molecule has 2 heterocycles. The Hall–Kier alpha value is -2.99. The third-order valence-electron chi connectivity index (χ3n) is 5.45. The van der Waals surface area contributed by atoms with Crippen LogP contribution in [0.2, 0.25) is 0 Å². The van der Waals surface area contributed by atoms with Crippen LogP contribution in [0.4, 0.5) is 10.5 Å². The van der Waals surface area contributed by atoms with Crippen molar-refractivity contribution in [3.63, 3.8) is 0 Å². The van der Waals surface area contributed by atoms with Crippen molar-refractivity contribution in [2.45, 2.75) is 33.4 Å². The summed E-state index contributed by atoms with van der Waals surface area (Å²) in [5.41, 5.74) is 3.98. The number of halogens is 1. The van der Waals surface area contributed by atoms with Crippen molar-refractivity contribution in [2.75, 3.05) is 25.1 Å². The second-order valence-electron chi connectivity index (χ2n) is 7.48. The standard InChI is InChI=1S/C24H28N4O2.ClH/c1-4-14-26(15-5-2)24(29)28-17-27-22(20-8-6-7-9-21(20)28)16-25-23(27)18-10-12-19(30-3)13-11-18;/h6-13,16H,4-5,14-15,17H2,1-3H3;1H. The first kappa shape index (κ1) is 22.7. The highest BCUT2D eigenvalue weighted by Crippen LogP contribution is 2.39. The monoisotopic (exact) mass is 440 g/mol. The van der Waals surface area contributed by atoms with E-state index < -0.39 is 0 Å². The Balaban J connectivity index is 0.00000272. The molecule has 0 radical (unpaired) electrons. The number of anilines is 1. The van der Waals surface area contributed by atoms with E-state index in [9.17, 15) is 4.79 Å². The maximum absolute atomic E-state index is 13.5. The molecule has 164 valence electrons. The highest BCUT2D eigenvalue weighted by molar-refractivity contribution is 5.97. The van der Waals surface area contributed by atoms with Crippen molar-refractivity contribution in [1.82, 2.24) is 14.5 Å². The van der Waals surface area contributed by atoms with Crippen LogP contribution in [0, 0.1) is 0 Å². The van der Waals surface area contributed by atoms with E-state index >= 15 is 0 Å². The highest BCUT2D eigenvalue weighted by Gasteiger charge is 2.30. The quantitative estimate of drug-likeness (QED) is 0.496. The number of ether oxygens (including phenoxy) is 1. The summed E-state index contributed by atoms with van der Waals surface area (Å²) < 4.78 is 7.40. The molecule has 7 heteroatoms. The fourth-order valence-electron chi connectivity index (χ4n) is 4.02. The number of benzene rings is 2. The van der Waals surface area contributed by atoms with Crippen molar-refractivity contribution in [1.29, 1.82) is 0 Å². The molecular weight excluding hydrogens is 412 g/mol. The molecule has 4 rings (SSSR count). The molecule has 1 aliphatic rings. The number of aromatic nitrogens is 2. The summed E-state index contributed by atoms with van der Waals surface area (Å²) in [6.07, 6.45) is 3.78. The van der Waals surface area contributed by atoms with Crippen LogP contribution in [0.15, 0.2) is 54.7 Å². The molecule has 0 fully saturated rings. The molecule has 0 atom stereocenters. The summed E-state index contributed by atoms with van der Waals surface area (Å²) in [4.78, 5) is 22.0. The van der Waals surface area contributed by atoms with Gasteiger partial charge in [-0.05, 0) is 43.2 Å². The zero-order valence-electron chi connectivity index (χ0n) is 18.2. The van der Waals surface area contributed by atoms with Crippen molar-refractivity contribution in [2.24, 2.45) is 0 Å². The van der Waals surface area contributed by atoms with Crippen molar-refractivity contribution in [3.05, 3.63) is 54.7 Å². The van der Waals surface area contributed by atoms with Crippen molar-refractivity contribution in [3.8, 4) is 28.4 Å². The Bertz CT molecular complexity index is 1030. The normalized spacial score (nSPS) is 11.9. The van der Waals surface area contributed by atoms with Crippen LogP contribution in [-0.2, 0) is 6.67 Å². The van der Waals surface area contributed by atoms with E-state index in [-0.39, 0.29) is 18.4 Å². The number of rotatable bonds is 6. The molecule has 1 aromatic heterocycles. The van der Waals surface area contributed by atoms with Gasteiger partial charge >= 0.3 is 6.03 Å². The molecule has 0 bridgehead atoms. The smallest absolute Gasteiger partial charge is 0.326 e. The molecule has 0 unspecified atom stereocenters. The zero-order valence-corrected chi connectivity index (χ0v) is 19.1. The number of carbonyl (C=O) groups is 1. The van der Waals surface area contributed by atoms with Crippen LogP contribution in [-0.4, -0.2) is 40.7 Å². The van der Waals surface area contributed by atoms with Gasteiger partial charge in [-0.3, -0.25) is 4.90 Å². The van der Waals surface area contributed by atoms with Gasteiger partial charge < -0.3 is 14.2 Å². The van der Waals surface area contributed by atoms with Crippen LogP contribution in [0.25, 0.3) is 22.6 Å². The molecule has 1 aliphatic heterocycles. The summed E-state index contributed by atoms with van der Waals surface area (Å²) in [6.45, 7) is 6.17. The zero-order chi connectivity index (χ0) is 21.1. The van der Waals surface area contributed by atoms with Gasteiger partial charge in [-0.2, -0.15) is 0 Å². The molecule has 2 aromatic carbocycles. The van der Waals surface area contributed by atoms with Gasteiger partial charge in [-0.15, -0.1) is 12.4 Å². The molecule has 0 aliphatic carbocycles. The number of carbonyl (C=O) groups excluding carboxylic acids is 1. The second kappa shape index (κ2) is 9.88. The van der Waals surface area contributed by atoms with Crippen LogP contribution in [0.3, 0.4) is 0 Å². The van der Waals surface area contributed by atoms with Crippen LogP contribution >= 0.6 is 12.4 Å². The lowest BCUT2D eigenvalue weighted by Crippen LogP contribution is -2.46. The number of amides is 2. The van der Waals surface area contributed by atoms with Gasteiger partial charge in [0.2, 0.25) is 0 Å². The minimum atomic E-state index is 0. The molecule has 3 aromatic rings. The maximum atomic E-state index is 13.5. The van der Waals surface area contributed by atoms with Crippen molar-refractivity contribution >= 4 is 24.1 Å². The Morgan fingerprint density at radius 2 is 1.74 bits per heavy atom. The third kappa shape index (κ3) is 4.26. The molecule has 2 amide bonds. The van der Waals surface area contributed by atoms with E-state index in [2.05, 4.69) is 24.5 Å². The first-order chi connectivity index (χ1) is 14.7. The number of imidazole rings is 1. The predicted octanol–water partition coefficient (Wildman–Crippen LogP) is 5.67. The highest BCUT2D eigenvalue weighted by atomic mass is 35.5. The molecule has 0 spiro atoms. The number of nitrogens with zero attached hydrogens (tertiary/aromatic N) is 4. The molecule has 6 nitrogen and oxygen atoms in total. The van der Waals surface area contributed by atoms with E-state index in [1.165, 1.54) is 0 Å². The minimum absolute atomic E-state index is 0. The van der Waals surface area contributed by atoms with Gasteiger partial charge in [-0.25, -0.2) is 9.78 Å². The summed E-state index contributed by atoms with van der Waals surface area (Å²) >= 11 is 0. The van der Waals surface area contributed by atoms with E-state index in [0.717, 1.165) is 60.0 Å². The number of methoxy groups -OCH3 is 1. The topological polar surface area (TPSA) is 50.6 Å². The van der Waals surface area contributed by atoms with E-state index in [1.54, 1.807) is 7.11 Å². The third-order valence-corrected chi connectivity index (χ3v) is 5.45. The van der Waals surface area contributed by atoms with E-state index in [0.29, 0.717) is 6.67 Å². The van der Waals surface area contributed by atoms with Gasteiger partial charge in [0.15, 0.2) is 0 Å². The number of urea groups is 1. The van der Waals surface area contributed by atoms with Gasteiger partial charge in [0.25, 0.3) is 0 Å². The average Bonchev–Trinajstić information content (AvgIpc) is 3.22. The molecule has 31 heavy (non-hydrogen) atoms. The number of hydrogen-bond acceptors (Lipinski definition) is 3. The van der Waals surface area contributed by atoms with E-state index in [4.69, 9.17) is 9.72 Å². The Morgan fingerprint density at radius 1 is 1.06 bits per heavy atom. The summed E-state index contributed by atoms with van der Waals surface area (Å²) in [5.74, 6) is 1.65. The SMILES string of the molecule is CCCN(CCC)C(=O)N1Cn2c(cnc2-c2ccc(OC)cc2)-c2ccccc21.Cl. The number of para-hydroxylation sites is 1. The number of fused-ring (bicyclic) bond motifs is 3. The van der Waals surface area contributed by atoms with Crippen LogP contribution < -0.4 is 9.64 Å². The van der Waals surface area contributed by atoms with Gasteiger partial charge in [0, 0.05) is 24.2 Å². The molecule has 0 saturated heterocycles. The molecule has 0 saturated carbocycles.